The minimum atomic E-state index is -0.520. The molecule has 0 unspecified atom stereocenters. The molecule has 2 rings (SSSR count). The van der Waals surface area contributed by atoms with Gasteiger partial charge in [-0.3, -0.25) is 4.79 Å². The Morgan fingerprint density at radius 3 is 2.48 bits per heavy atom. The van der Waals surface area contributed by atoms with Crippen LogP contribution in [0.1, 0.15) is 5.56 Å². The third-order valence-electron chi connectivity index (χ3n) is 2.67. The molecule has 21 heavy (non-hydrogen) atoms. The number of nitrogens with one attached hydrogen (secondary N) is 1. The highest BCUT2D eigenvalue weighted by Crippen LogP contribution is 2.22. The van der Waals surface area contributed by atoms with Crippen LogP contribution in [0.3, 0.4) is 0 Å². The SMILES string of the molecule is N#C/C(=C\c1ccc(F)cc1)C(=O)Nc1ccccc1Br. The third-order valence-corrected chi connectivity index (χ3v) is 3.36. The second kappa shape index (κ2) is 6.82. The number of halogens is 2. The van der Waals surface area contributed by atoms with Gasteiger partial charge in [0.05, 0.1) is 5.69 Å². The summed E-state index contributed by atoms with van der Waals surface area (Å²) < 4.78 is 13.5. The van der Waals surface area contributed by atoms with E-state index in [-0.39, 0.29) is 11.4 Å². The molecular formula is C16H10BrFN2O. The summed E-state index contributed by atoms with van der Waals surface area (Å²) in [7, 11) is 0. The molecule has 0 saturated carbocycles. The molecule has 2 aromatic carbocycles. The second-order valence-corrected chi connectivity index (χ2v) is 5.01. The van der Waals surface area contributed by atoms with Gasteiger partial charge in [-0.05, 0) is 51.8 Å². The monoisotopic (exact) mass is 344 g/mol. The predicted molar refractivity (Wildman–Crippen MR) is 82.8 cm³/mol. The summed E-state index contributed by atoms with van der Waals surface area (Å²) in [6, 6.07) is 14.5. The van der Waals surface area contributed by atoms with Crippen LogP contribution in [0.25, 0.3) is 6.08 Å². The van der Waals surface area contributed by atoms with E-state index in [0.717, 1.165) is 4.47 Å². The molecule has 0 saturated heterocycles. The maximum Gasteiger partial charge on any atom is 0.266 e. The van der Waals surface area contributed by atoms with Crippen molar-refractivity contribution in [3.63, 3.8) is 0 Å². The lowest BCUT2D eigenvalue weighted by atomic mass is 10.1. The number of carbonyl (C=O) groups excluding carboxylic acids is 1. The molecule has 0 aliphatic carbocycles. The standard InChI is InChI=1S/C16H10BrFN2O/c17-14-3-1-2-4-15(14)20-16(21)12(10-19)9-11-5-7-13(18)8-6-11/h1-9H,(H,20,21)/b12-9+. The summed E-state index contributed by atoms with van der Waals surface area (Å²) in [5.74, 6) is -0.892. The number of benzene rings is 2. The Balaban J connectivity index is 2.21. The first kappa shape index (κ1) is 14.9. The van der Waals surface area contributed by atoms with Gasteiger partial charge in [-0.15, -0.1) is 0 Å². The number of para-hydroxylation sites is 1. The fourth-order valence-electron chi connectivity index (χ4n) is 1.63. The minimum Gasteiger partial charge on any atom is -0.320 e. The quantitative estimate of drug-likeness (QED) is 0.672. The first-order chi connectivity index (χ1) is 10.1. The lowest BCUT2D eigenvalue weighted by Gasteiger charge is -2.06. The van der Waals surface area contributed by atoms with Gasteiger partial charge in [0.15, 0.2) is 0 Å². The second-order valence-electron chi connectivity index (χ2n) is 4.16. The van der Waals surface area contributed by atoms with Crippen LogP contribution in [0.15, 0.2) is 58.6 Å². The van der Waals surface area contributed by atoms with E-state index in [4.69, 9.17) is 5.26 Å². The fourth-order valence-corrected chi connectivity index (χ4v) is 2.01. The smallest absolute Gasteiger partial charge is 0.266 e. The Morgan fingerprint density at radius 1 is 1.19 bits per heavy atom. The average Bonchev–Trinajstić information content (AvgIpc) is 2.49. The van der Waals surface area contributed by atoms with Crippen LogP contribution in [0.4, 0.5) is 10.1 Å². The number of anilines is 1. The molecule has 2 aromatic rings. The van der Waals surface area contributed by atoms with E-state index in [1.54, 1.807) is 18.2 Å². The summed E-state index contributed by atoms with van der Waals surface area (Å²) in [6.07, 6.45) is 1.41. The van der Waals surface area contributed by atoms with E-state index in [1.807, 2.05) is 12.1 Å². The highest BCUT2D eigenvalue weighted by atomic mass is 79.9. The van der Waals surface area contributed by atoms with Crippen LogP contribution in [-0.2, 0) is 4.79 Å². The molecule has 1 N–H and O–H groups in total. The van der Waals surface area contributed by atoms with Crippen LogP contribution in [0.5, 0.6) is 0 Å². The molecule has 3 nitrogen and oxygen atoms in total. The number of amides is 1. The number of nitrogens with zero attached hydrogens (tertiary/aromatic N) is 1. The highest BCUT2D eigenvalue weighted by Gasteiger charge is 2.10. The molecule has 0 bridgehead atoms. The Kier molecular flexibility index (Phi) is 4.85. The van der Waals surface area contributed by atoms with Crippen molar-refractivity contribution in [1.29, 1.82) is 5.26 Å². The minimum absolute atomic E-state index is 0.0580. The lowest BCUT2D eigenvalue weighted by Crippen LogP contribution is -2.13. The number of hydrogen-bond acceptors (Lipinski definition) is 2. The Hall–Kier alpha value is -2.45. The number of carbonyl (C=O) groups is 1. The first-order valence-corrected chi connectivity index (χ1v) is 6.82. The van der Waals surface area contributed by atoms with E-state index in [2.05, 4.69) is 21.2 Å². The molecule has 5 heteroatoms. The summed E-state index contributed by atoms with van der Waals surface area (Å²) in [5.41, 5.74) is 1.09. The van der Waals surface area contributed by atoms with Crippen molar-refractivity contribution < 1.29 is 9.18 Å². The van der Waals surface area contributed by atoms with Gasteiger partial charge >= 0.3 is 0 Å². The number of rotatable bonds is 3. The molecule has 0 aromatic heterocycles. The summed E-state index contributed by atoms with van der Waals surface area (Å²) in [5, 5.41) is 11.7. The lowest BCUT2D eigenvalue weighted by molar-refractivity contribution is -0.112. The maximum absolute atomic E-state index is 12.8. The zero-order chi connectivity index (χ0) is 15.2. The van der Waals surface area contributed by atoms with E-state index in [1.165, 1.54) is 30.3 Å². The van der Waals surface area contributed by atoms with Crippen molar-refractivity contribution in [1.82, 2.24) is 0 Å². The Bertz CT molecular complexity index is 733. The zero-order valence-corrected chi connectivity index (χ0v) is 12.4. The Labute approximate surface area is 129 Å². The van der Waals surface area contributed by atoms with Crippen molar-refractivity contribution >= 4 is 33.6 Å². The van der Waals surface area contributed by atoms with Crippen LogP contribution in [0.2, 0.25) is 0 Å². The topological polar surface area (TPSA) is 52.9 Å². The Morgan fingerprint density at radius 2 is 1.86 bits per heavy atom. The van der Waals surface area contributed by atoms with E-state index < -0.39 is 5.91 Å². The normalized spacial score (nSPS) is 10.8. The van der Waals surface area contributed by atoms with E-state index in [0.29, 0.717) is 11.3 Å². The average molecular weight is 345 g/mol. The first-order valence-electron chi connectivity index (χ1n) is 6.03. The van der Waals surface area contributed by atoms with Crippen molar-refractivity contribution in [3.05, 3.63) is 70.0 Å². The fraction of sp³-hybridized carbons (Fsp3) is 0. The molecule has 0 fully saturated rings. The number of hydrogen-bond donors (Lipinski definition) is 1. The molecule has 104 valence electrons. The van der Waals surface area contributed by atoms with Gasteiger partial charge in [0, 0.05) is 4.47 Å². The molecule has 0 radical (unpaired) electrons. The predicted octanol–water partition coefficient (Wildman–Crippen LogP) is 4.13. The van der Waals surface area contributed by atoms with Crippen molar-refractivity contribution in [2.75, 3.05) is 5.32 Å². The molecule has 0 aliphatic heterocycles. The molecule has 1 amide bonds. The van der Waals surface area contributed by atoms with Crippen LogP contribution in [0, 0.1) is 17.1 Å². The van der Waals surface area contributed by atoms with E-state index in [9.17, 15) is 9.18 Å². The number of nitriles is 1. The van der Waals surface area contributed by atoms with Gasteiger partial charge in [0.25, 0.3) is 5.91 Å². The summed E-state index contributed by atoms with van der Waals surface area (Å²) in [4.78, 5) is 12.1. The van der Waals surface area contributed by atoms with Crippen molar-refractivity contribution in [3.8, 4) is 6.07 Å². The summed E-state index contributed by atoms with van der Waals surface area (Å²) >= 11 is 3.31. The highest BCUT2D eigenvalue weighted by molar-refractivity contribution is 9.10. The van der Waals surface area contributed by atoms with Crippen LogP contribution >= 0.6 is 15.9 Å². The van der Waals surface area contributed by atoms with Gasteiger partial charge in [-0.25, -0.2) is 4.39 Å². The van der Waals surface area contributed by atoms with Gasteiger partial charge < -0.3 is 5.32 Å². The molecule has 0 heterocycles. The van der Waals surface area contributed by atoms with Crippen LogP contribution < -0.4 is 5.32 Å². The van der Waals surface area contributed by atoms with Gasteiger partial charge in [-0.1, -0.05) is 24.3 Å². The van der Waals surface area contributed by atoms with Crippen molar-refractivity contribution in [2.24, 2.45) is 0 Å². The summed E-state index contributed by atoms with van der Waals surface area (Å²) in [6.45, 7) is 0. The van der Waals surface area contributed by atoms with Crippen LogP contribution in [-0.4, -0.2) is 5.91 Å². The zero-order valence-electron chi connectivity index (χ0n) is 10.8. The maximum atomic E-state index is 12.8. The largest absolute Gasteiger partial charge is 0.320 e. The molecule has 0 spiro atoms. The van der Waals surface area contributed by atoms with Gasteiger partial charge in [0.2, 0.25) is 0 Å². The molecule has 0 aliphatic rings. The van der Waals surface area contributed by atoms with E-state index >= 15 is 0 Å². The molecule has 0 atom stereocenters. The third kappa shape index (κ3) is 4.01. The van der Waals surface area contributed by atoms with Gasteiger partial charge in [0.1, 0.15) is 17.5 Å². The van der Waals surface area contributed by atoms with Gasteiger partial charge in [-0.2, -0.15) is 5.26 Å². The van der Waals surface area contributed by atoms with Crippen molar-refractivity contribution in [2.45, 2.75) is 0 Å². The molecular weight excluding hydrogens is 335 g/mol.